The number of alkyl halides is 3. The highest BCUT2D eigenvalue weighted by Gasteiger charge is 2.32. The molecular formula is C19H18F4N6O. The second kappa shape index (κ2) is 8.47. The monoisotopic (exact) mass is 422 g/mol. The quantitative estimate of drug-likeness (QED) is 0.559. The minimum absolute atomic E-state index is 0.0165. The molecule has 2 aromatic heterocycles. The fraction of sp³-hybridized carbons (Fsp3) is 0.263. The summed E-state index contributed by atoms with van der Waals surface area (Å²) in [7, 11) is 1.44. The fourth-order valence-corrected chi connectivity index (χ4v) is 2.47. The molecule has 0 radical (unpaired) electrons. The van der Waals surface area contributed by atoms with Crippen LogP contribution in [0.15, 0.2) is 36.5 Å². The smallest absolute Gasteiger partial charge is 0.433 e. The molecular weight excluding hydrogens is 404 g/mol. The van der Waals surface area contributed by atoms with Crippen LogP contribution in [0.2, 0.25) is 0 Å². The number of halogens is 4. The Balaban J connectivity index is 2.04. The Hall–Kier alpha value is -3.50. The van der Waals surface area contributed by atoms with Crippen LogP contribution in [-0.4, -0.2) is 33.1 Å². The summed E-state index contributed by atoms with van der Waals surface area (Å²) in [4.78, 5) is 15.9. The molecule has 3 rings (SSSR count). The molecule has 0 aliphatic carbocycles. The summed E-state index contributed by atoms with van der Waals surface area (Å²) in [5.74, 6) is -0.151. The summed E-state index contributed by atoms with van der Waals surface area (Å²) in [6.45, 7) is 3.70. The molecule has 2 N–H and O–H groups in total. The molecule has 0 atom stereocenters. The molecule has 0 saturated carbocycles. The standard InChI is InChI=1S/C19H18F4N6O/c1-10(2)25-17-27-16(13-9-12(30-3)4-5-14(13)20)28-18(29-17)26-11-6-7-24-15(8-11)19(21,22)23/h4-10H,1-3H3,(H2,24,25,26,27,28,29). The van der Waals surface area contributed by atoms with Crippen LogP contribution in [0.4, 0.5) is 35.1 Å². The van der Waals surface area contributed by atoms with Crippen molar-refractivity contribution in [3.05, 3.63) is 48.0 Å². The normalized spacial score (nSPS) is 11.5. The lowest BCUT2D eigenvalue weighted by Crippen LogP contribution is -2.15. The van der Waals surface area contributed by atoms with Gasteiger partial charge in [0.2, 0.25) is 11.9 Å². The number of nitrogens with one attached hydrogen (secondary N) is 2. The number of aromatic nitrogens is 4. The van der Waals surface area contributed by atoms with Gasteiger partial charge < -0.3 is 15.4 Å². The van der Waals surface area contributed by atoms with Gasteiger partial charge in [-0.3, -0.25) is 4.98 Å². The van der Waals surface area contributed by atoms with E-state index in [9.17, 15) is 17.6 Å². The van der Waals surface area contributed by atoms with Crippen molar-refractivity contribution in [2.75, 3.05) is 17.7 Å². The number of benzene rings is 1. The highest BCUT2D eigenvalue weighted by molar-refractivity contribution is 5.63. The van der Waals surface area contributed by atoms with Crippen LogP contribution in [0.3, 0.4) is 0 Å². The van der Waals surface area contributed by atoms with Gasteiger partial charge >= 0.3 is 6.18 Å². The van der Waals surface area contributed by atoms with Crippen LogP contribution in [0, 0.1) is 5.82 Å². The Labute approximate surface area is 169 Å². The molecule has 0 unspecified atom stereocenters. The van der Waals surface area contributed by atoms with Crippen molar-refractivity contribution in [2.24, 2.45) is 0 Å². The van der Waals surface area contributed by atoms with E-state index in [-0.39, 0.29) is 35.0 Å². The number of nitrogens with zero attached hydrogens (tertiary/aromatic N) is 4. The third-order valence-corrected chi connectivity index (χ3v) is 3.77. The van der Waals surface area contributed by atoms with Crippen LogP contribution in [-0.2, 0) is 6.18 Å². The molecule has 0 aliphatic heterocycles. The van der Waals surface area contributed by atoms with Gasteiger partial charge in [0.05, 0.1) is 12.7 Å². The Morgan fingerprint density at radius 3 is 2.40 bits per heavy atom. The SMILES string of the molecule is COc1ccc(F)c(-c2nc(Nc3ccnc(C(F)(F)F)c3)nc(NC(C)C)n2)c1. The van der Waals surface area contributed by atoms with Gasteiger partial charge in [0.25, 0.3) is 0 Å². The summed E-state index contributed by atoms with van der Waals surface area (Å²) in [6, 6.07) is 6.18. The molecule has 0 spiro atoms. The molecule has 7 nitrogen and oxygen atoms in total. The zero-order chi connectivity index (χ0) is 21.9. The van der Waals surface area contributed by atoms with Crippen LogP contribution in [0.25, 0.3) is 11.4 Å². The van der Waals surface area contributed by atoms with Gasteiger partial charge in [0, 0.05) is 17.9 Å². The maximum Gasteiger partial charge on any atom is 0.433 e. The van der Waals surface area contributed by atoms with Crippen molar-refractivity contribution in [2.45, 2.75) is 26.1 Å². The molecule has 0 amide bonds. The lowest BCUT2D eigenvalue weighted by Gasteiger charge is -2.13. The minimum Gasteiger partial charge on any atom is -0.497 e. The highest BCUT2D eigenvalue weighted by Crippen LogP contribution is 2.30. The van der Waals surface area contributed by atoms with Crippen LogP contribution in [0.1, 0.15) is 19.5 Å². The molecule has 0 saturated heterocycles. The van der Waals surface area contributed by atoms with Crippen molar-refractivity contribution in [3.63, 3.8) is 0 Å². The van der Waals surface area contributed by atoms with E-state index < -0.39 is 17.7 Å². The van der Waals surface area contributed by atoms with Crippen molar-refractivity contribution < 1.29 is 22.3 Å². The number of hydrogen-bond acceptors (Lipinski definition) is 7. The average molecular weight is 422 g/mol. The van der Waals surface area contributed by atoms with Gasteiger partial charge in [-0.25, -0.2) is 4.39 Å². The van der Waals surface area contributed by atoms with Crippen molar-refractivity contribution in [3.8, 4) is 17.1 Å². The number of methoxy groups -OCH3 is 1. The first-order valence-electron chi connectivity index (χ1n) is 8.82. The van der Waals surface area contributed by atoms with E-state index in [2.05, 4.69) is 30.6 Å². The van der Waals surface area contributed by atoms with Gasteiger partial charge in [-0.15, -0.1) is 0 Å². The zero-order valence-corrected chi connectivity index (χ0v) is 16.3. The molecule has 3 aromatic rings. The third-order valence-electron chi connectivity index (χ3n) is 3.77. The Morgan fingerprint density at radius 2 is 1.73 bits per heavy atom. The number of pyridine rings is 1. The molecule has 11 heteroatoms. The lowest BCUT2D eigenvalue weighted by molar-refractivity contribution is -0.141. The van der Waals surface area contributed by atoms with Crippen LogP contribution >= 0.6 is 0 Å². The number of ether oxygens (including phenoxy) is 1. The Kier molecular flexibility index (Phi) is 5.99. The highest BCUT2D eigenvalue weighted by atomic mass is 19.4. The van der Waals surface area contributed by atoms with Gasteiger partial charge in [-0.1, -0.05) is 0 Å². The predicted molar refractivity (Wildman–Crippen MR) is 103 cm³/mol. The molecule has 1 aromatic carbocycles. The molecule has 2 heterocycles. The predicted octanol–water partition coefficient (Wildman–Crippen LogP) is 4.66. The van der Waals surface area contributed by atoms with Crippen molar-refractivity contribution in [1.82, 2.24) is 19.9 Å². The van der Waals surface area contributed by atoms with E-state index >= 15 is 0 Å². The van der Waals surface area contributed by atoms with Crippen LogP contribution in [0.5, 0.6) is 5.75 Å². The van der Waals surface area contributed by atoms with Gasteiger partial charge in [-0.05, 0) is 44.2 Å². The first kappa shape index (κ1) is 21.2. The summed E-state index contributed by atoms with van der Waals surface area (Å²) < 4.78 is 58.3. The maximum absolute atomic E-state index is 14.4. The summed E-state index contributed by atoms with van der Waals surface area (Å²) in [5.41, 5.74) is -0.949. The Morgan fingerprint density at radius 1 is 1.00 bits per heavy atom. The summed E-state index contributed by atoms with van der Waals surface area (Å²) in [6.07, 6.45) is -3.59. The maximum atomic E-state index is 14.4. The second-order valence-corrected chi connectivity index (χ2v) is 6.50. The Bertz CT molecular complexity index is 1040. The van der Waals surface area contributed by atoms with Gasteiger partial charge in [-0.2, -0.15) is 28.1 Å². The van der Waals surface area contributed by atoms with Gasteiger partial charge in [0.1, 0.15) is 17.3 Å². The largest absolute Gasteiger partial charge is 0.497 e. The minimum atomic E-state index is -4.60. The second-order valence-electron chi connectivity index (χ2n) is 6.50. The zero-order valence-electron chi connectivity index (χ0n) is 16.3. The van der Waals surface area contributed by atoms with Crippen molar-refractivity contribution >= 4 is 17.6 Å². The first-order valence-corrected chi connectivity index (χ1v) is 8.82. The van der Waals surface area contributed by atoms with Crippen LogP contribution < -0.4 is 15.4 Å². The lowest BCUT2D eigenvalue weighted by atomic mass is 10.2. The molecule has 0 bridgehead atoms. The van der Waals surface area contributed by atoms with Crippen molar-refractivity contribution in [1.29, 1.82) is 0 Å². The van der Waals surface area contributed by atoms with Gasteiger partial charge in [0.15, 0.2) is 5.82 Å². The topological polar surface area (TPSA) is 84.8 Å². The molecule has 0 aliphatic rings. The summed E-state index contributed by atoms with van der Waals surface area (Å²) in [5, 5.41) is 5.67. The van der Waals surface area contributed by atoms with E-state index in [1.54, 1.807) is 0 Å². The molecule has 158 valence electrons. The van der Waals surface area contributed by atoms with E-state index in [4.69, 9.17) is 4.74 Å². The first-order chi connectivity index (χ1) is 14.2. The third kappa shape index (κ3) is 5.10. The number of rotatable bonds is 6. The molecule has 30 heavy (non-hydrogen) atoms. The van der Waals surface area contributed by atoms with E-state index in [1.807, 2.05) is 13.8 Å². The average Bonchev–Trinajstić information content (AvgIpc) is 2.67. The van der Waals surface area contributed by atoms with E-state index in [0.717, 1.165) is 12.3 Å². The summed E-state index contributed by atoms with van der Waals surface area (Å²) >= 11 is 0. The number of hydrogen-bond donors (Lipinski definition) is 2. The number of anilines is 3. The fourth-order valence-electron chi connectivity index (χ4n) is 2.47. The molecule has 0 fully saturated rings. The van der Waals surface area contributed by atoms with E-state index in [1.165, 1.54) is 31.4 Å². The van der Waals surface area contributed by atoms with E-state index in [0.29, 0.717) is 5.75 Å².